The molecular weight excluding hydrogens is 226 g/mol. The van der Waals surface area contributed by atoms with E-state index in [0.29, 0.717) is 11.1 Å². The second kappa shape index (κ2) is 4.10. The van der Waals surface area contributed by atoms with Crippen LogP contribution in [0.5, 0.6) is 0 Å². The lowest BCUT2D eigenvalue weighted by molar-refractivity contribution is -0.394. The maximum atomic E-state index is 10.8. The predicted octanol–water partition coefficient (Wildman–Crippen LogP) is 2.01. The maximum Gasteiger partial charge on any atom is 0.279 e. The molecule has 1 rings (SSSR count). The van der Waals surface area contributed by atoms with Crippen molar-refractivity contribution in [1.29, 1.82) is 0 Å². The molecule has 1 aromatic rings. The minimum Gasteiger partial charge on any atom is -0.322 e. The first-order valence-corrected chi connectivity index (χ1v) is 4.87. The molecule has 0 aliphatic rings. The van der Waals surface area contributed by atoms with E-state index in [1.54, 1.807) is 13.8 Å². The Hall–Kier alpha value is -2.02. The van der Waals surface area contributed by atoms with E-state index >= 15 is 0 Å². The van der Waals surface area contributed by atoms with Crippen molar-refractivity contribution in [3.05, 3.63) is 43.5 Å². The summed E-state index contributed by atoms with van der Waals surface area (Å²) < 4.78 is 0. The molecule has 0 radical (unpaired) electrons. The zero-order valence-electron chi connectivity index (χ0n) is 9.76. The van der Waals surface area contributed by atoms with Crippen LogP contribution in [0.15, 0.2) is 12.1 Å². The number of nitro groups is 2. The van der Waals surface area contributed by atoms with E-state index < -0.39 is 15.4 Å². The molecule has 7 heteroatoms. The molecule has 0 aliphatic carbocycles. The van der Waals surface area contributed by atoms with Crippen LogP contribution in [0.25, 0.3) is 0 Å². The van der Waals surface area contributed by atoms with Gasteiger partial charge >= 0.3 is 0 Å². The summed E-state index contributed by atoms with van der Waals surface area (Å²) in [5.74, 6) is 0. The van der Waals surface area contributed by atoms with E-state index in [2.05, 4.69) is 0 Å². The number of nitrogens with zero attached hydrogens (tertiary/aromatic N) is 2. The van der Waals surface area contributed by atoms with Gasteiger partial charge in [-0.2, -0.15) is 0 Å². The molecule has 0 saturated carbocycles. The fourth-order valence-corrected chi connectivity index (χ4v) is 1.65. The molecule has 2 N–H and O–H groups in total. The van der Waals surface area contributed by atoms with Gasteiger partial charge in [-0.15, -0.1) is 0 Å². The van der Waals surface area contributed by atoms with Crippen molar-refractivity contribution in [2.45, 2.75) is 26.3 Å². The van der Waals surface area contributed by atoms with Gasteiger partial charge < -0.3 is 5.73 Å². The Kier molecular flexibility index (Phi) is 3.14. The summed E-state index contributed by atoms with van der Waals surface area (Å²) >= 11 is 0. The second-order valence-electron chi connectivity index (χ2n) is 4.37. The monoisotopic (exact) mass is 239 g/mol. The third kappa shape index (κ3) is 2.56. The fraction of sp³-hybridized carbons (Fsp3) is 0.400. The van der Waals surface area contributed by atoms with Gasteiger partial charge in [0.15, 0.2) is 0 Å². The molecule has 0 fully saturated rings. The van der Waals surface area contributed by atoms with Gasteiger partial charge in [0.25, 0.3) is 11.4 Å². The molecule has 17 heavy (non-hydrogen) atoms. The average molecular weight is 239 g/mol. The van der Waals surface area contributed by atoms with E-state index in [4.69, 9.17) is 5.73 Å². The smallest absolute Gasteiger partial charge is 0.279 e. The Morgan fingerprint density at radius 2 is 1.71 bits per heavy atom. The molecule has 0 atom stereocenters. The molecule has 0 amide bonds. The summed E-state index contributed by atoms with van der Waals surface area (Å²) in [7, 11) is 0. The van der Waals surface area contributed by atoms with E-state index in [1.807, 2.05) is 0 Å². The first kappa shape index (κ1) is 13.0. The van der Waals surface area contributed by atoms with Gasteiger partial charge in [0.05, 0.1) is 15.9 Å². The zero-order valence-corrected chi connectivity index (χ0v) is 9.76. The molecular formula is C10H13N3O4. The van der Waals surface area contributed by atoms with Gasteiger partial charge in [-0.25, -0.2) is 0 Å². The molecule has 92 valence electrons. The highest BCUT2D eigenvalue weighted by Crippen LogP contribution is 2.32. The van der Waals surface area contributed by atoms with Crippen LogP contribution in [0.3, 0.4) is 0 Å². The van der Waals surface area contributed by atoms with Crippen molar-refractivity contribution in [2.24, 2.45) is 5.73 Å². The second-order valence-corrected chi connectivity index (χ2v) is 4.37. The third-order valence-electron chi connectivity index (χ3n) is 2.47. The summed E-state index contributed by atoms with van der Waals surface area (Å²) in [4.78, 5) is 20.2. The topological polar surface area (TPSA) is 112 Å². The first-order valence-electron chi connectivity index (χ1n) is 4.87. The van der Waals surface area contributed by atoms with Crippen molar-refractivity contribution in [2.75, 3.05) is 0 Å². The quantitative estimate of drug-likeness (QED) is 0.640. The Bertz CT molecular complexity index is 491. The van der Waals surface area contributed by atoms with Gasteiger partial charge in [-0.05, 0) is 26.3 Å². The first-order chi connectivity index (χ1) is 7.64. The van der Waals surface area contributed by atoms with Crippen LogP contribution in [-0.4, -0.2) is 9.85 Å². The van der Waals surface area contributed by atoms with Gasteiger partial charge in [-0.3, -0.25) is 20.2 Å². The molecule has 0 spiro atoms. The van der Waals surface area contributed by atoms with E-state index in [1.165, 1.54) is 13.0 Å². The number of nitro benzene ring substituents is 2. The van der Waals surface area contributed by atoms with Gasteiger partial charge in [0.2, 0.25) is 0 Å². The van der Waals surface area contributed by atoms with Crippen LogP contribution in [0.2, 0.25) is 0 Å². The van der Waals surface area contributed by atoms with Crippen molar-refractivity contribution in [1.82, 2.24) is 0 Å². The standard InChI is InChI=1S/C10H13N3O4/c1-6-8(10(2,3)11)4-7(12(14)15)5-9(6)13(16)17/h4-5H,11H2,1-3H3. The van der Waals surface area contributed by atoms with Crippen molar-refractivity contribution in [3.8, 4) is 0 Å². The molecule has 0 bridgehead atoms. The lowest BCUT2D eigenvalue weighted by Gasteiger charge is -2.21. The highest BCUT2D eigenvalue weighted by Gasteiger charge is 2.27. The Morgan fingerprint density at radius 3 is 2.06 bits per heavy atom. The van der Waals surface area contributed by atoms with Gasteiger partial charge in [-0.1, -0.05) is 0 Å². The largest absolute Gasteiger partial charge is 0.322 e. The van der Waals surface area contributed by atoms with E-state index in [0.717, 1.165) is 6.07 Å². The molecule has 0 heterocycles. The van der Waals surface area contributed by atoms with Crippen LogP contribution in [-0.2, 0) is 5.54 Å². The third-order valence-corrected chi connectivity index (χ3v) is 2.47. The Labute approximate surface area is 97.5 Å². The summed E-state index contributed by atoms with van der Waals surface area (Å²) in [6, 6.07) is 2.23. The summed E-state index contributed by atoms with van der Waals surface area (Å²) in [5.41, 5.74) is 5.12. The van der Waals surface area contributed by atoms with Crippen molar-refractivity contribution >= 4 is 11.4 Å². The maximum absolute atomic E-state index is 10.8. The van der Waals surface area contributed by atoms with Crippen LogP contribution in [0, 0.1) is 27.2 Å². The van der Waals surface area contributed by atoms with Crippen LogP contribution < -0.4 is 5.73 Å². The van der Waals surface area contributed by atoms with Gasteiger partial charge in [0, 0.05) is 17.2 Å². The van der Waals surface area contributed by atoms with Gasteiger partial charge in [0.1, 0.15) is 0 Å². The molecule has 0 aliphatic heterocycles. The number of hydrogen-bond donors (Lipinski definition) is 1. The summed E-state index contributed by atoms with van der Waals surface area (Å²) in [6.45, 7) is 4.82. The lowest BCUT2D eigenvalue weighted by Crippen LogP contribution is -2.30. The molecule has 0 aromatic heterocycles. The lowest BCUT2D eigenvalue weighted by atomic mass is 9.90. The zero-order chi connectivity index (χ0) is 13.4. The number of rotatable bonds is 3. The highest BCUT2D eigenvalue weighted by molar-refractivity contribution is 5.55. The Morgan fingerprint density at radius 1 is 1.18 bits per heavy atom. The predicted molar refractivity (Wildman–Crippen MR) is 61.7 cm³/mol. The number of benzene rings is 1. The number of nitrogens with two attached hydrogens (primary N) is 1. The normalized spacial score (nSPS) is 11.3. The molecule has 7 nitrogen and oxygen atoms in total. The van der Waals surface area contributed by atoms with E-state index in [9.17, 15) is 20.2 Å². The van der Waals surface area contributed by atoms with E-state index in [-0.39, 0.29) is 11.4 Å². The van der Waals surface area contributed by atoms with Crippen LogP contribution in [0.1, 0.15) is 25.0 Å². The van der Waals surface area contributed by atoms with Crippen LogP contribution in [0.4, 0.5) is 11.4 Å². The summed E-state index contributed by atoms with van der Waals surface area (Å²) in [5, 5.41) is 21.5. The minimum atomic E-state index is -0.874. The molecule has 0 unspecified atom stereocenters. The van der Waals surface area contributed by atoms with Crippen LogP contribution >= 0.6 is 0 Å². The molecule has 0 saturated heterocycles. The average Bonchev–Trinajstić information content (AvgIpc) is 2.15. The van der Waals surface area contributed by atoms with Crippen molar-refractivity contribution < 1.29 is 9.85 Å². The Balaban J connectivity index is 3.60. The highest BCUT2D eigenvalue weighted by atomic mass is 16.6. The number of hydrogen-bond acceptors (Lipinski definition) is 5. The van der Waals surface area contributed by atoms with Crippen molar-refractivity contribution in [3.63, 3.8) is 0 Å². The SMILES string of the molecule is Cc1c([N+](=O)[O-])cc([N+](=O)[O-])cc1C(C)(C)N. The molecule has 1 aromatic carbocycles. The number of non-ortho nitro benzene ring substituents is 1. The fourth-order valence-electron chi connectivity index (χ4n) is 1.65. The minimum absolute atomic E-state index is 0.285. The summed E-state index contributed by atoms with van der Waals surface area (Å²) in [6.07, 6.45) is 0.